The number of aromatic nitrogens is 2. The van der Waals surface area contributed by atoms with Crippen molar-refractivity contribution in [3.8, 4) is 0 Å². The van der Waals surface area contributed by atoms with Crippen LogP contribution in [0.3, 0.4) is 0 Å². The molecule has 0 unspecified atom stereocenters. The van der Waals surface area contributed by atoms with Crippen LogP contribution in [0.25, 0.3) is 0 Å². The lowest BCUT2D eigenvalue weighted by Crippen LogP contribution is -2.32. The minimum absolute atomic E-state index is 0.628. The smallest absolute Gasteiger partial charge is 0.0925 e. The Balaban J connectivity index is 1.80. The Kier molecular flexibility index (Phi) is 3.41. The highest BCUT2D eigenvalue weighted by Crippen LogP contribution is 2.27. The molecule has 84 valence electrons. The molecule has 0 bridgehead atoms. The van der Waals surface area contributed by atoms with Gasteiger partial charge in [0.05, 0.1) is 12.0 Å². The Morgan fingerprint density at radius 1 is 1.53 bits per heavy atom. The van der Waals surface area contributed by atoms with E-state index in [1.54, 1.807) is 6.33 Å². The maximum Gasteiger partial charge on any atom is 0.0925 e. The molecule has 15 heavy (non-hydrogen) atoms. The zero-order valence-electron chi connectivity index (χ0n) is 9.71. The van der Waals surface area contributed by atoms with Crippen molar-refractivity contribution < 1.29 is 0 Å². The molecule has 1 atom stereocenters. The Hall–Kier alpha value is -0.830. The molecule has 1 aliphatic carbocycles. The van der Waals surface area contributed by atoms with E-state index in [1.165, 1.54) is 31.4 Å². The molecule has 0 aromatic carbocycles. The molecule has 0 spiro atoms. The van der Waals surface area contributed by atoms with Gasteiger partial charge in [-0.2, -0.15) is 0 Å². The van der Waals surface area contributed by atoms with Crippen molar-refractivity contribution in [1.29, 1.82) is 0 Å². The summed E-state index contributed by atoms with van der Waals surface area (Å²) in [7, 11) is 0. The van der Waals surface area contributed by atoms with E-state index < -0.39 is 0 Å². The highest BCUT2D eigenvalue weighted by molar-refractivity contribution is 5.08. The lowest BCUT2D eigenvalue weighted by molar-refractivity contribution is 0.379. The minimum atomic E-state index is 0.628. The van der Waals surface area contributed by atoms with Crippen molar-refractivity contribution in [1.82, 2.24) is 15.3 Å². The van der Waals surface area contributed by atoms with Crippen LogP contribution in [-0.4, -0.2) is 16.0 Å². The van der Waals surface area contributed by atoms with Crippen LogP contribution in [0.1, 0.15) is 44.0 Å². The average molecular weight is 207 g/mol. The number of hydrogen-bond acceptors (Lipinski definition) is 2. The molecule has 0 saturated heterocycles. The van der Waals surface area contributed by atoms with Gasteiger partial charge in [-0.15, -0.1) is 0 Å². The normalized spacial score (nSPS) is 19.6. The molecule has 1 fully saturated rings. The predicted molar refractivity (Wildman–Crippen MR) is 61.6 cm³/mol. The van der Waals surface area contributed by atoms with Gasteiger partial charge in [-0.3, -0.25) is 0 Å². The van der Waals surface area contributed by atoms with Gasteiger partial charge in [0.1, 0.15) is 0 Å². The van der Waals surface area contributed by atoms with Gasteiger partial charge >= 0.3 is 0 Å². The summed E-state index contributed by atoms with van der Waals surface area (Å²) < 4.78 is 0. The highest BCUT2D eigenvalue weighted by Gasteiger charge is 2.21. The summed E-state index contributed by atoms with van der Waals surface area (Å²) in [4.78, 5) is 7.41. The summed E-state index contributed by atoms with van der Waals surface area (Å²) in [5.41, 5.74) is 2.33. The molecule has 1 aromatic rings. The molecule has 2 N–H and O–H groups in total. The van der Waals surface area contributed by atoms with E-state index in [4.69, 9.17) is 0 Å². The molecule has 3 nitrogen and oxygen atoms in total. The highest BCUT2D eigenvalue weighted by atomic mass is 15.0. The Morgan fingerprint density at radius 3 is 2.87 bits per heavy atom. The number of nitrogens with one attached hydrogen (secondary N) is 2. The second kappa shape index (κ2) is 4.79. The van der Waals surface area contributed by atoms with Crippen LogP contribution >= 0.6 is 0 Å². The van der Waals surface area contributed by atoms with E-state index in [0.29, 0.717) is 6.04 Å². The molecule has 1 aromatic heterocycles. The Labute approximate surface area is 91.7 Å². The van der Waals surface area contributed by atoms with Crippen molar-refractivity contribution in [2.75, 3.05) is 0 Å². The molecule has 0 amide bonds. The van der Waals surface area contributed by atoms with Gasteiger partial charge in [-0.25, -0.2) is 4.98 Å². The van der Waals surface area contributed by atoms with Crippen LogP contribution in [0.5, 0.6) is 0 Å². The number of imidazole rings is 1. The van der Waals surface area contributed by atoms with Crippen LogP contribution in [-0.2, 0) is 6.54 Å². The first kappa shape index (κ1) is 10.7. The molecule has 0 aliphatic heterocycles. The number of hydrogen-bond donors (Lipinski definition) is 2. The predicted octanol–water partition coefficient (Wildman–Crippen LogP) is 2.39. The maximum absolute atomic E-state index is 4.30. The molecule has 1 aliphatic rings. The first-order chi connectivity index (χ1) is 7.27. The van der Waals surface area contributed by atoms with Crippen LogP contribution < -0.4 is 5.32 Å². The largest absolute Gasteiger partial charge is 0.348 e. The fourth-order valence-corrected chi connectivity index (χ4v) is 2.45. The zero-order valence-corrected chi connectivity index (χ0v) is 9.71. The molecular formula is C12H21N3. The third kappa shape index (κ3) is 2.59. The quantitative estimate of drug-likeness (QED) is 0.796. The maximum atomic E-state index is 4.30. The average Bonchev–Trinajstić information content (AvgIpc) is 2.85. The molecule has 1 saturated carbocycles. The standard InChI is InChI=1S/C12H21N3/c1-9(11-5-3-4-6-11)13-7-12-10(2)14-8-15-12/h8-9,11,13H,3-7H2,1-2H3,(H,14,15)/t9-/m0/s1. The van der Waals surface area contributed by atoms with Crippen molar-refractivity contribution in [3.63, 3.8) is 0 Å². The van der Waals surface area contributed by atoms with E-state index in [9.17, 15) is 0 Å². The van der Waals surface area contributed by atoms with E-state index in [0.717, 1.165) is 18.2 Å². The van der Waals surface area contributed by atoms with E-state index in [-0.39, 0.29) is 0 Å². The lowest BCUT2D eigenvalue weighted by Gasteiger charge is -2.19. The van der Waals surface area contributed by atoms with Crippen LogP contribution in [0.4, 0.5) is 0 Å². The molecule has 0 radical (unpaired) electrons. The molecule has 3 heteroatoms. The van der Waals surface area contributed by atoms with Crippen LogP contribution in [0, 0.1) is 12.8 Å². The SMILES string of the molecule is Cc1[nH]cnc1CN[C@@H](C)C1CCCC1. The topological polar surface area (TPSA) is 40.7 Å². The first-order valence-corrected chi connectivity index (χ1v) is 5.99. The Bertz CT molecular complexity index is 300. The molecule has 1 heterocycles. The lowest BCUT2D eigenvalue weighted by atomic mass is 10.00. The number of aromatic amines is 1. The van der Waals surface area contributed by atoms with Gasteiger partial charge in [0.2, 0.25) is 0 Å². The van der Waals surface area contributed by atoms with Crippen LogP contribution in [0.2, 0.25) is 0 Å². The van der Waals surface area contributed by atoms with Crippen molar-refractivity contribution in [3.05, 3.63) is 17.7 Å². The summed E-state index contributed by atoms with van der Waals surface area (Å²) in [6, 6.07) is 0.628. The fraction of sp³-hybridized carbons (Fsp3) is 0.750. The van der Waals surface area contributed by atoms with Gasteiger partial charge in [-0.05, 0) is 32.6 Å². The van der Waals surface area contributed by atoms with Crippen molar-refractivity contribution in [2.45, 2.75) is 52.1 Å². The van der Waals surface area contributed by atoms with Gasteiger partial charge in [0.15, 0.2) is 0 Å². The second-order valence-electron chi connectivity index (χ2n) is 4.69. The second-order valence-corrected chi connectivity index (χ2v) is 4.69. The Morgan fingerprint density at radius 2 is 2.27 bits per heavy atom. The van der Waals surface area contributed by atoms with Crippen molar-refractivity contribution >= 4 is 0 Å². The van der Waals surface area contributed by atoms with Gasteiger partial charge in [-0.1, -0.05) is 12.8 Å². The third-order valence-corrected chi connectivity index (χ3v) is 3.63. The number of aryl methyl sites for hydroxylation is 1. The summed E-state index contributed by atoms with van der Waals surface area (Å²) in [6.45, 7) is 5.27. The third-order valence-electron chi connectivity index (χ3n) is 3.63. The number of rotatable bonds is 4. The van der Waals surface area contributed by atoms with Gasteiger partial charge in [0.25, 0.3) is 0 Å². The number of H-pyrrole nitrogens is 1. The summed E-state index contributed by atoms with van der Waals surface area (Å²) >= 11 is 0. The van der Waals surface area contributed by atoms with E-state index in [1.807, 2.05) is 0 Å². The van der Waals surface area contributed by atoms with Gasteiger partial charge in [0, 0.05) is 18.3 Å². The van der Waals surface area contributed by atoms with E-state index in [2.05, 4.69) is 29.1 Å². The monoisotopic (exact) mass is 207 g/mol. The van der Waals surface area contributed by atoms with E-state index >= 15 is 0 Å². The van der Waals surface area contributed by atoms with Crippen LogP contribution in [0.15, 0.2) is 6.33 Å². The summed E-state index contributed by atoms with van der Waals surface area (Å²) in [6.07, 6.45) is 7.39. The fourth-order valence-electron chi connectivity index (χ4n) is 2.45. The summed E-state index contributed by atoms with van der Waals surface area (Å²) in [5.74, 6) is 0.879. The first-order valence-electron chi connectivity index (χ1n) is 5.99. The summed E-state index contributed by atoms with van der Waals surface area (Å²) in [5, 5.41) is 3.59. The molecular weight excluding hydrogens is 186 g/mol. The molecule has 2 rings (SSSR count). The number of nitrogens with zero attached hydrogens (tertiary/aromatic N) is 1. The van der Waals surface area contributed by atoms with Gasteiger partial charge < -0.3 is 10.3 Å². The minimum Gasteiger partial charge on any atom is -0.348 e. The zero-order chi connectivity index (χ0) is 10.7. The van der Waals surface area contributed by atoms with Crippen molar-refractivity contribution in [2.24, 2.45) is 5.92 Å².